The van der Waals surface area contributed by atoms with Crippen molar-refractivity contribution in [3.05, 3.63) is 0 Å². The highest BCUT2D eigenvalue weighted by Crippen LogP contribution is 2.29. The van der Waals surface area contributed by atoms with E-state index in [0.29, 0.717) is 5.92 Å². The van der Waals surface area contributed by atoms with Gasteiger partial charge < -0.3 is 9.84 Å². The Balaban J connectivity index is 1.94. The van der Waals surface area contributed by atoms with Crippen LogP contribution >= 0.6 is 0 Å². The third-order valence-electron chi connectivity index (χ3n) is 4.77. The van der Waals surface area contributed by atoms with Crippen molar-refractivity contribution >= 4 is 5.97 Å². The standard InChI is InChI=1S/C16H30N2O3/c1-13(2)10-17-8-9-21-14(11-17)12-18-7-5-4-6-16(18,3)15(19)20/h13-14H,4-12H2,1-3H3,(H,19,20). The lowest BCUT2D eigenvalue weighted by Gasteiger charge is -2.44. The zero-order chi connectivity index (χ0) is 15.5. The first-order valence-corrected chi connectivity index (χ1v) is 8.24. The van der Waals surface area contributed by atoms with E-state index in [9.17, 15) is 9.90 Å². The van der Waals surface area contributed by atoms with Gasteiger partial charge in [-0.25, -0.2) is 0 Å². The Morgan fingerprint density at radius 2 is 2.14 bits per heavy atom. The molecular formula is C16H30N2O3. The largest absolute Gasteiger partial charge is 0.480 e. The molecule has 0 saturated carbocycles. The van der Waals surface area contributed by atoms with Gasteiger partial charge in [-0.2, -0.15) is 0 Å². The average Bonchev–Trinajstić information content (AvgIpc) is 2.41. The molecule has 5 heteroatoms. The van der Waals surface area contributed by atoms with Crippen LogP contribution < -0.4 is 0 Å². The van der Waals surface area contributed by atoms with Gasteiger partial charge in [0.1, 0.15) is 5.54 Å². The molecule has 0 amide bonds. The molecule has 122 valence electrons. The number of aliphatic carboxylic acids is 1. The van der Waals surface area contributed by atoms with Crippen molar-refractivity contribution in [2.75, 3.05) is 39.3 Å². The van der Waals surface area contributed by atoms with Crippen LogP contribution in [0.25, 0.3) is 0 Å². The van der Waals surface area contributed by atoms with E-state index in [4.69, 9.17) is 4.74 Å². The summed E-state index contributed by atoms with van der Waals surface area (Å²) in [4.78, 5) is 16.2. The van der Waals surface area contributed by atoms with Crippen LogP contribution in [0.1, 0.15) is 40.0 Å². The average molecular weight is 298 g/mol. The van der Waals surface area contributed by atoms with Crippen LogP contribution in [0.5, 0.6) is 0 Å². The quantitative estimate of drug-likeness (QED) is 0.837. The fourth-order valence-electron chi connectivity index (χ4n) is 3.53. The summed E-state index contributed by atoms with van der Waals surface area (Å²) in [5.74, 6) is -0.0416. The minimum Gasteiger partial charge on any atom is -0.480 e. The van der Waals surface area contributed by atoms with Crippen LogP contribution in [0.4, 0.5) is 0 Å². The van der Waals surface area contributed by atoms with Crippen molar-refractivity contribution in [3.63, 3.8) is 0 Å². The van der Waals surface area contributed by atoms with Gasteiger partial charge in [0.25, 0.3) is 0 Å². The minimum atomic E-state index is -0.720. The Kier molecular flexibility index (Phi) is 5.63. The van der Waals surface area contributed by atoms with E-state index in [0.717, 1.165) is 58.6 Å². The van der Waals surface area contributed by atoms with Gasteiger partial charge in [0.05, 0.1) is 12.7 Å². The molecule has 2 heterocycles. The lowest BCUT2D eigenvalue weighted by atomic mass is 9.88. The number of morpholine rings is 1. The van der Waals surface area contributed by atoms with Gasteiger partial charge >= 0.3 is 5.97 Å². The lowest BCUT2D eigenvalue weighted by molar-refractivity contribution is -0.155. The fourth-order valence-corrected chi connectivity index (χ4v) is 3.53. The highest BCUT2D eigenvalue weighted by molar-refractivity contribution is 5.78. The molecule has 2 saturated heterocycles. The van der Waals surface area contributed by atoms with E-state index >= 15 is 0 Å². The van der Waals surface area contributed by atoms with Gasteiger partial charge in [0.15, 0.2) is 0 Å². The first-order valence-electron chi connectivity index (χ1n) is 8.24. The number of piperidine rings is 1. The maximum atomic E-state index is 11.6. The summed E-state index contributed by atoms with van der Waals surface area (Å²) in [6.07, 6.45) is 2.97. The van der Waals surface area contributed by atoms with Crippen molar-refractivity contribution in [1.29, 1.82) is 0 Å². The van der Waals surface area contributed by atoms with Crippen molar-refractivity contribution in [1.82, 2.24) is 9.80 Å². The smallest absolute Gasteiger partial charge is 0.323 e. The maximum Gasteiger partial charge on any atom is 0.323 e. The van der Waals surface area contributed by atoms with Crippen molar-refractivity contribution in [3.8, 4) is 0 Å². The van der Waals surface area contributed by atoms with Gasteiger partial charge in [0.2, 0.25) is 0 Å². The van der Waals surface area contributed by atoms with E-state index in [1.807, 2.05) is 6.92 Å². The molecule has 0 radical (unpaired) electrons. The molecule has 0 aromatic carbocycles. The summed E-state index contributed by atoms with van der Waals surface area (Å²) < 4.78 is 5.89. The second-order valence-electron chi connectivity index (χ2n) is 7.13. The number of ether oxygens (including phenoxy) is 1. The second-order valence-corrected chi connectivity index (χ2v) is 7.13. The molecule has 2 atom stereocenters. The molecule has 0 aliphatic carbocycles. The molecule has 21 heavy (non-hydrogen) atoms. The SMILES string of the molecule is CC(C)CN1CCOC(CN2CCCCC2(C)C(=O)O)C1. The number of likely N-dealkylation sites (tertiary alicyclic amines) is 1. The van der Waals surface area contributed by atoms with Gasteiger partial charge in [-0.05, 0) is 38.6 Å². The molecule has 2 aliphatic rings. The maximum absolute atomic E-state index is 11.6. The molecule has 2 aliphatic heterocycles. The van der Waals surface area contributed by atoms with E-state index in [-0.39, 0.29) is 6.10 Å². The third-order valence-corrected chi connectivity index (χ3v) is 4.77. The number of hydrogen-bond donors (Lipinski definition) is 1. The fraction of sp³-hybridized carbons (Fsp3) is 0.938. The first-order chi connectivity index (χ1) is 9.91. The van der Waals surface area contributed by atoms with Gasteiger partial charge in [-0.15, -0.1) is 0 Å². The molecule has 2 fully saturated rings. The van der Waals surface area contributed by atoms with Crippen molar-refractivity contribution < 1.29 is 14.6 Å². The molecule has 2 unspecified atom stereocenters. The Bertz CT molecular complexity index is 361. The zero-order valence-corrected chi connectivity index (χ0v) is 13.7. The van der Waals surface area contributed by atoms with Crippen LogP contribution in [0.2, 0.25) is 0 Å². The van der Waals surface area contributed by atoms with E-state index in [1.54, 1.807) is 0 Å². The summed E-state index contributed by atoms with van der Waals surface area (Å²) in [6, 6.07) is 0. The first kappa shape index (κ1) is 16.7. The van der Waals surface area contributed by atoms with Gasteiger partial charge in [0, 0.05) is 26.2 Å². The topological polar surface area (TPSA) is 53.0 Å². The summed E-state index contributed by atoms with van der Waals surface area (Å²) >= 11 is 0. The molecule has 0 spiro atoms. The normalized spacial score (nSPS) is 32.5. The molecule has 0 bridgehead atoms. The second kappa shape index (κ2) is 7.07. The number of nitrogens with zero attached hydrogens (tertiary/aromatic N) is 2. The van der Waals surface area contributed by atoms with Crippen LogP contribution in [-0.2, 0) is 9.53 Å². The predicted octanol–water partition coefficient (Wildman–Crippen LogP) is 1.67. The molecule has 5 nitrogen and oxygen atoms in total. The summed E-state index contributed by atoms with van der Waals surface area (Å²) in [7, 11) is 0. The molecule has 0 aromatic rings. The Hall–Kier alpha value is -0.650. The predicted molar refractivity (Wildman–Crippen MR) is 82.5 cm³/mol. The highest BCUT2D eigenvalue weighted by atomic mass is 16.5. The number of carbonyl (C=O) groups is 1. The Morgan fingerprint density at radius 3 is 2.81 bits per heavy atom. The summed E-state index contributed by atoms with van der Waals surface area (Å²) in [6.45, 7) is 11.7. The molecular weight excluding hydrogens is 268 g/mol. The van der Waals surface area contributed by atoms with E-state index in [1.165, 1.54) is 0 Å². The van der Waals surface area contributed by atoms with Crippen molar-refractivity contribution in [2.45, 2.75) is 51.7 Å². The monoisotopic (exact) mass is 298 g/mol. The number of carboxylic acids is 1. The van der Waals surface area contributed by atoms with Gasteiger partial charge in [-0.3, -0.25) is 14.6 Å². The van der Waals surface area contributed by atoms with Gasteiger partial charge in [-0.1, -0.05) is 13.8 Å². The number of rotatable bonds is 5. The van der Waals surface area contributed by atoms with Crippen molar-refractivity contribution in [2.24, 2.45) is 5.92 Å². The number of hydrogen-bond acceptors (Lipinski definition) is 4. The molecule has 1 N–H and O–H groups in total. The third kappa shape index (κ3) is 4.18. The molecule has 0 aromatic heterocycles. The Labute approximate surface area is 128 Å². The zero-order valence-electron chi connectivity index (χ0n) is 13.7. The lowest BCUT2D eigenvalue weighted by Crippen LogP contribution is -2.59. The van der Waals surface area contributed by atoms with E-state index < -0.39 is 11.5 Å². The van der Waals surface area contributed by atoms with E-state index in [2.05, 4.69) is 23.6 Å². The summed E-state index contributed by atoms with van der Waals surface area (Å²) in [5, 5.41) is 9.58. The highest BCUT2D eigenvalue weighted by Gasteiger charge is 2.42. The minimum absolute atomic E-state index is 0.134. The molecule has 2 rings (SSSR count). The van der Waals surface area contributed by atoms with Crippen LogP contribution in [0.3, 0.4) is 0 Å². The van der Waals surface area contributed by atoms with Crippen LogP contribution in [0, 0.1) is 5.92 Å². The van der Waals surface area contributed by atoms with Crippen LogP contribution in [-0.4, -0.2) is 71.8 Å². The van der Waals surface area contributed by atoms with Crippen LogP contribution in [0.15, 0.2) is 0 Å². The Morgan fingerprint density at radius 1 is 1.38 bits per heavy atom. The summed E-state index contributed by atoms with van der Waals surface area (Å²) in [5.41, 5.74) is -0.720. The number of carboxylic acid groups (broad SMARTS) is 1.